The van der Waals surface area contributed by atoms with Crippen LogP contribution < -0.4 is 10.6 Å². The molecule has 4 amide bonds. The molecule has 5 atom stereocenters. The smallest absolute Gasteiger partial charge is 0.249 e. The third-order valence-corrected chi connectivity index (χ3v) is 8.96. The molecule has 0 saturated carbocycles. The predicted molar refractivity (Wildman–Crippen MR) is 169 cm³/mol. The minimum Gasteiger partial charge on any atom is -0.352 e. The molecule has 2 rings (SSSR count). The van der Waals surface area contributed by atoms with Crippen LogP contribution in [0, 0.1) is 11.3 Å². The molecule has 0 spiro atoms. The molecule has 2 saturated heterocycles. The van der Waals surface area contributed by atoms with E-state index in [1.54, 1.807) is 23.8 Å². The number of hydrogen-bond donors (Lipinski definition) is 2. The van der Waals surface area contributed by atoms with Gasteiger partial charge in [0.2, 0.25) is 23.6 Å². The van der Waals surface area contributed by atoms with E-state index in [0.717, 1.165) is 38.6 Å². The zero-order valence-electron chi connectivity index (χ0n) is 28.3. The molecule has 0 unspecified atom stereocenters. The van der Waals surface area contributed by atoms with Crippen molar-refractivity contribution in [2.75, 3.05) is 20.1 Å². The molecule has 0 aromatic carbocycles. The van der Waals surface area contributed by atoms with Gasteiger partial charge in [0.1, 0.15) is 12.1 Å². The summed E-state index contributed by atoms with van der Waals surface area (Å²) in [5.41, 5.74) is 0.00271. The summed E-state index contributed by atoms with van der Waals surface area (Å²) in [4.78, 5) is 59.7. The number of likely N-dealkylation sites (tertiary alicyclic amines) is 2. The number of amides is 4. The molecule has 9 heteroatoms. The standard InChI is InChI=1S/C33H59N5O4/c1-12-24(7)34-29(39)26-17-15-19-38(26)31(41)23(6)20-27(21(2)3)36(11)32(42)28(33(8,9)10)35-30(40)25-16-13-14-18-37(25)22(4)5/h20-22,24-28H,12-19H2,1-11H3,(H,34,39)(H,35,40)/b23-20+/t24-,25-,26+,27-,28-/m1/s1. The van der Waals surface area contributed by atoms with Crippen molar-refractivity contribution < 1.29 is 19.2 Å². The summed E-state index contributed by atoms with van der Waals surface area (Å²) >= 11 is 0. The minimum absolute atomic E-state index is 0.0240. The van der Waals surface area contributed by atoms with E-state index >= 15 is 0 Å². The Bertz CT molecular complexity index is 985. The van der Waals surface area contributed by atoms with Gasteiger partial charge in [-0.3, -0.25) is 24.1 Å². The Morgan fingerprint density at radius 2 is 1.50 bits per heavy atom. The molecule has 42 heavy (non-hydrogen) atoms. The SMILES string of the molecule is CC[C@@H](C)NC(=O)[C@@H]1CCCN1C(=O)/C(C)=C/[C@H](C(C)C)N(C)C(=O)[C@@H](NC(=O)[C@H]1CCCCN1C(C)C)C(C)(C)C. The van der Waals surface area contributed by atoms with Gasteiger partial charge in [0.25, 0.3) is 0 Å². The Labute approximate surface area is 255 Å². The molecule has 9 nitrogen and oxygen atoms in total. The van der Waals surface area contributed by atoms with Gasteiger partial charge in [0.05, 0.1) is 12.1 Å². The van der Waals surface area contributed by atoms with E-state index in [0.29, 0.717) is 18.5 Å². The third kappa shape index (κ3) is 9.04. The lowest BCUT2D eigenvalue weighted by Gasteiger charge is -2.41. The van der Waals surface area contributed by atoms with E-state index in [1.807, 2.05) is 54.5 Å². The first-order valence-electron chi connectivity index (χ1n) is 16.1. The third-order valence-electron chi connectivity index (χ3n) is 8.96. The Balaban J connectivity index is 2.26. The first kappa shape index (κ1) is 35.8. The molecular weight excluding hydrogens is 530 g/mol. The highest BCUT2D eigenvalue weighted by Crippen LogP contribution is 2.27. The number of piperidine rings is 1. The van der Waals surface area contributed by atoms with Crippen LogP contribution in [0.1, 0.15) is 108 Å². The maximum absolute atomic E-state index is 14.1. The lowest BCUT2D eigenvalue weighted by molar-refractivity contribution is -0.142. The van der Waals surface area contributed by atoms with E-state index < -0.39 is 17.5 Å². The van der Waals surface area contributed by atoms with Gasteiger partial charge in [0.15, 0.2) is 0 Å². The van der Waals surface area contributed by atoms with Gasteiger partial charge in [-0.25, -0.2) is 0 Å². The highest BCUT2D eigenvalue weighted by molar-refractivity contribution is 5.97. The molecule has 2 fully saturated rings. The number of likely N-dealkylation sites (N-methyl/N-ethyl adjacent to an activating group) is 1. The van der Waals surface area contributed by atoms with Crippen molar-refractivity contribution in [1.82, 2.24) is 25.3 Å². The Hall–Kier alpha value is -2.42. The number of rotatable bonds is 11. The van der Waals surface area contributed by atoms with Crippen LogP contribution in [0.15, 0.2) is 11.6 Å². The zero-order chi connectivity index (χ0) is 31.9. The van der Waals surface area contributed by atoms with Crippen molar-refractivity contribution >= 4 is 23.6 Å². The summed E-state index contributed by atoms with van der Waals surface area (Å²) in [7, 11) is 1.76. The van der Waals surface area contributed by atoms with Gasteiger partial charge in [0, 0.05) is 31.2 Å². The average molecular weight is 590 g/mol. The Kier molecular flexibility index (Phi) is 13.1. The number of carbonyl (C=O) groups is 4. The molecule has 2 N–H and O–H groups in total. The fourth-order valence-corrected chi connectivity index (χ4v) is 6.12. The Morgan fingerprint density at radius 3 is 2.05 bits per heavy atom. The number of nitrogens with zero attached hydrogens (tertiary/aromatic N) is 3. The summed E-state index contributed by atoms with van der Waals surface area (Å²) < 4.78 is 0. The van der Waals surface area contributed by atoms with Gasteiger partial charge < -0.3 is 20.4 Å². The molecule has 0 radical (unpaired) electrons. The molecule has 240 valence electrons. The van der Waals surface area contributed by atoms with Crippen LogP contribution in [0.3, 0.4) is 0 Å². The molecule has 2 aliphatic heterocycles. The molecule has 0 aromatic rings. The molecule has 0 aliphatic carbocycles. The quantitative estimate of drug-likeness (QED) is 0.353. The first-order valence-corrected chi connectivity index (χ1v) is 16.1. The van der Waals surface area contributed by atoms with E-state index in [1.165, 1.54) is 0 Å². The van der Waals surface area contributed by atoms with Crippen LogP contribution in [0.25, 0.3) is 0 Å². The van der Waals surface area contributed by atoms with Crippen LogP contribution in [0.5, 0.6) is 0 Å². The predicted octanol–water partition coefficient (Wildman–Crippen LogP) is 4.12. The Morgan fingerprint density at radius 1 is 0.905 bits per heavy atom. The zero-order valence-corrected chi connectivity index (χ0v) is 28.3. The second kappa shape index (κ2) is 15.3. The lowest BCUT2D eigenvalue weighted by atomic mass is 9.84. The summed E-state index contributed by atoms with van der Waals surface area (Å²) in [5, 5.41) is 6.15. The van der Waals surface area contributed by atoms with E-state index in [4.69, 9.17) is 0 Å². The molecule has 2 heterocycles. The van der Waals surface area contributed by atoms with Gasteiger partial charge in [-0.15, -0.1) is 0 Å². The second-order valence-corrected chi connectivity index (χ2v) is 14.2. The van der Waals surface area contributed by atoms with Crippen LogP contribution in [0.4, 0.5) is 0 Å². The van der Waals surface area contributed by atoms with Crippen molar-refractivity contribution in [3.63, 3.8) is 0 Å². The topological polar surface area (TPSA) is 102 Å². The fraction of sp³-hybridized carbons (Fsp3) is 0.818. The van der Waals surface area contributed by atoms with Gasteiger partial charge in [-0.1, -0.05) is 54.0 Å². The summed E-state index contributed by atoms with van der Waals surface area (Å²) in [6.45, 7) is 21.3. The second-order valence-electron chi connectivity index (χ2n) is 14.2. The van der Waals surface area contributed by atoms with Crippen LogP contribution in [0.2, 0.25) is 0 Å². The minimum atomic E-state index is -0.719. The number of nitrogens with one attached hydrogen (secondary N) is 2. The van der Waals surface area contributed by atoms with Crippen molar-refractivity contribution in [3.05, 3.63) is 11.6 Å². The van der Waals surface area contributed by atoms with Crippen molar-refractivity contribution in [1.29, 1.82) is 0 Å². The highest BCUT2D eigenvalue weighted by atomic mass is 16.2. The van der Waals surface area contributed by atoms with Crippen molar-refractivity contribution in [2.24, 2.45) is 11.3 Å². The largest absolute Gasteiger partial charge is 0.352 e. The van der Waals surface area contributed by atoms with E-state index in [9.17, 15) is 19.2 Å². The average Bonchev–Trinajstić information content (AvgIpc) is 3.42. The number of hydrogen-bond acceptors (Lipinski definition) is 5. The van der Waals surface area contributed by atoms with Crippen LogP contribution in [-0.2, 0) is 19.2 Å². The van der Waals surface area contributed by atoms with Crippen molar-refractivity contribution in [3.8, 4) is 0 Å². The number of carbonyl (C=O) groups excluding carboxylic acids is 4. The van der Waals surface area contributed by atoms with Crippen LogP contribution in [-0.4, -0.2) is 94.7 Å². The highest BCUT2D eigenvalue weighted by Gasteiger charge is 2.40. The molecule has 2 aliphatic rings. The lowest BCUT2D eigenvalue weighted by Crippen LogP contribution is -2.60. The summed E-state index contributed by atoms with van der Waals surface area (Å²) in [6, 6.07) is -1.49. The first-order chi connectivity index (χ1) is 19.5. The summed E-state index contributed by atoms with van der Waals surface area (Å²) in [5.74, 6) is -0.520. The van der Waals surface area contributed by atoms with E-state index in [-0.39, 0.29) is 53.7 Å². The summed E-state index contributed by atoms with van der Waals surface area (Å²) in [6.07, 6.45) is 6.98. The molecular formula is C33H59N5O4. The van der Waals surface area contributed by atoms with Crippen LogP contribution >= 0.6 is 0 Å². The van der Waals surface area contributed by atoms with E-state index in [2.05, 4.69) is 29.4 Å². The normalized spacial score (nSPS) is 22.6. The molecule has 0 aromatic heterocycles. The fourth-order valence-electron chi connectivity index (χ4n) is 6.12. The van der Waals surface area contributed by atoms with Gasteiger partial charge in [-0.05, 0) is 77.7 Å². The van der Waals surface area contributed by atoms with Gasteiger partial charge >= 0.3 is 0 Å². The van der Waals surface area contributed by atoms with Crippen molar-refractivity contribution in [2.45, 2.75) is 144 Å². The molecule has 0 bridgehead atoms. The maximum atomic E-state index is 14.1. The van der Waals surface area contributed by atoms with Gasteiger partial charge in [-0.2, -0.15) is 0 Å². The maximum Gasteiger partial charge on any atom is 0.249 e. The monoisotopic (exact) mass is 589 g/mol.